The molecule has 0 aliphatic heterocycles. The van der Waals surface area contributed by atoms with Crippen LogP contribution in [0.5, 0.6) is 0 Å². The maximum absolute atomic E-state index is 13.6. The fourth-order valence-electron chi connectivity index (χ4n) is 1.61. The minimum Gasteiger partial charge on any atom is -0.481 e. The molecule has 0 aliphatic rings. The monoisotopic (exact) mass is 349 g/mol. The Morgan fingerprint density at radius 1 is 1.30 bits per heavy atom. The molecular weight excluding hydrogens is 336 g/mol. The zero-order chi connectivity index (χ0) is 15.5. The van der Waals surface area contributed by atoms with Crippen LogP contribution in [-0.4, -0.2) is 22.5 Å². The molecule has 0 saturated carbocycles. The molecule has 4 nitrogen and oxygen atoms in total. The van der Waals surface area contributed by atoms with E-state index in [1.165, 1.54) is 0 Å². The van der Waals surface area contributed by atoms with Gasteiger partial charge in [0.05, 0.1) is 0 Å². The summed E-state index contributed by atoms with van der Waals surface area (Å²) < 4.78 is 27.4. The van der Waals surface area contributed by atoms with Crippen molar-refractivity contribution in [1.82, 2.24) is 5.32 Å². The molecule has 20 heavy (non-hydrogen) atoms. The van der Waals surface area contributed by atoms with Gasteiger partial charge in [-0.1, -0.05) is 15.9 Å². The van der Waals surface area contributed by atoms with E-state index in [9.17, 15) is 18.4 Å². The zero-order valence-electron chi connectivity index (χ0n) is 11.0. The second-order valence-electron chi connectivity index (χ2n) is 4.98. The summed E-state index contributed by atoms with van der Waals surface area (Å²) in [6.07, 6.45) is -0.00752. The number of rotatable bonds is 5. The van der Waals surface area contributed by atoms with Gasteiger partial charge < -0.3 is 10.4 Å². The quantitative estimate of drug-likeness (QED) is 0.858. The maximum atomic E-state index is 13.6. The molecule has 0 unspecified atom stereocenters. The fourth-order valence-corrected chi connectivity index (χ4v) is 2.01. The average molecular weight is 350 g/mol. The summed E-state index contributed by atoms with van der Waals surface area (Å²) in [5, 5.41) is 11.0. The van der Waals surface area contributed by atoms with Crippen LogP contribution in [0.4, 0.5) is 8.78 Å². The van der Waals surface area contributed by atoms with Gasteiger partial charge in [0.25, 0.3) is 5.91 Å². The number of carboxylic acid groups (broad SMARTS) is 1. The molecule has 0 aromatic heterocycles. The number of halogens is 3. The summed E-state index contributed by atoms with van der Waals surface area (Å²) in [7, 11) is 0. The van der Waals surface area contributed by atoms with E-state index in [0.29, 0.717) is 0 Å². The highest BCUT2D eigenvalue weighted by molar-refractivity contribution is 9.10. The molecule has 110 valence electrons. The Bertz CT molecular complexity index is 523. The third kappa shape index (κ3) is 4.56. The van der Waals surface area contributed by atoms with E-state index in [1.807, 2.05) is 0 Å². The number of nitrogens with one attached hydrogen (secondary N) is 1. The number of hydrogen-bond acceptors (Lipinski definition) is 2. The lowest BCUT2D eigenvalue weighted by Gasteiger charge is -2.25. The van der Waals surface area contributed by atoms with E-state index in [0.717, 1.165) is 12.1 Å². The number of carboxylic acids is 1. The molecule has 0 spiro atoms. The number of amides is 1. The summed E-state index contributed by atoms with van der Waals surface area (Å²) in [6.45, 7) is 3.17. The lowest BCUT2D eigenvalue weighted by Crippen LogP contribution is -2.44. The van der Waals surface area contributed by atoms with Crippen LogP contribution in [0, 0.1) is 11.6 Å². The standard InChI is InChI=1S/C13H14BrF2NO3/c1-13(2,4-3-10(18)19)17-12(20)11-8(15)5-7(14)6-9(11)16/h5-6H,3-4H2,1-2H3,(H,17,20)(H,18,19). The number of hydrogen-bond donors (Lipinski definition) is 2. The van der Waals surface area contributed by atoms with Crippen LogP contribution in [0.3, 0.4) is 0 Å². The Kier molecular flexibility index (Phi) is 5.21. The zero-order valence-corrected chi connectivity index (χ0v) is 12.6. The van der Waals surface area contributed by atoms with Crippen molar-refractivity contribution >= 4 is 27.8 Å². The topological polar surface area (TPSA) is 66.4 Å². The number of carbonyl (C=O) groups is 2. The van der Waals surface area contributed by atoms with Crippen molar-refractivity contribution in [2.24, 2.45) is 0 Å². The SMILES string of the molecule is CC(C)(CCC(=O)O)NC(=O)c1c(F)cc(Br)cc1F. The van der Waals surface area contributed by atoms with Crippen LogP contribution in [-0.2, 0) is 4.79 Å². The average Bonchev–Trinajstić information content (AvgIpc) is 2.24. The van der Waals surface area contributed by atoms with Gasteiger partial charge in [0.2, 0.25) is 0 Å². The van der Waals surface area contributed by atoms with E-state index < -0.39 is 34.6 Å². The number of benzene rings is 1. The van der Waals surface area contributed by atoms with Gasteiger partial charge >= 0.3 is 5.97 Å². The molecule has 0 saturated heterocycles. The molecule has 1 aromatic rings. The molecular formula is C13H14BrF2NO3. The van der Waals surface area contributed by atoms with Gasteiger partial charge in [-0.2, -0.15) is 0 Å². The summed E-state index contributed by atoms with van der Waals surface area (Å²) >= 11 is 2.92. The van der Waals surface area contributed by atoms with Crippen molar-refractivity contribution in [3.8, 4) is 0 Å². The predicted octanol–water partition coefficient (Wildman–Crippen LogP) is 3.10. The normalized spacial score (nSPS) is 11.2. The smallest absolute Gasteiger partial charge is 0.303 e. The molecule has 2 N–H and O–H groups in total. The van der Waals surface area contributed by atoms with Gasteiger partial charge in [0.15, 0.2) is 0 Å². The number of carbonyl (C=O) groups excluding carboxylic acids is 1. The van der Waals surface area contributed by atoms with Crippen LogP contribution in [0.15, 0.2) is 16.6 Å². The highest BCUT2D eigenvalue weighted by Crippen LogP contribution is 2.21. The lowest BCUT2D eigenvalue weighted by atomic mass is 9.97. The van der Waals surface area contributed by atoms with Gasteiger partial charge in [0, 0.05) is 16.4 Å². The number of aliphatic carboxylic acids is 1. The van der Waals surface area contributed by atoms with E-state index >= 15 is 0 Å². The van der Waals surface area contributed by atoms with Gasteiger partial charge in [-0.3, -0.25) is 9.59 Å². The molecule has 0 fully saturated rings. The van der Waals surface area contributed by atoms with Crippen molar-refractivity contribution in [1.29, 1.82) is 0 Å². The van der Waals surface area contributed by atoms with E-state index in [2.05, 4.69) is 21.2 Å². The molecule has 0 atom stereocenters. The Morgan fingerprint density at radius 2 is 1.80 bits per heavy atom. The van der Waals surface area contributed by atoms with E-state index in [-0.39, 0.29) is 17.3 Å². The van der Waals surface area contributed by atoms with Crippen molar-refractivity contribution < 1.29 is 23.5 Å². The molecule has 1 aromatic carbocycles. The fraction of sp³-hybridized carbons (Fsp3) is 0.385. The van der Waals surface area contributed by atoms with Crippen LogP contribution in [0.1, 0.15) is 37.0 Å². The summed E-state index contributed by atoms with van der Waals surface area (Å²) in [6, 6.07) is 1.98. The van der Waals surface area contributed by atoms with Crippen LogP contribution < -0.4 is 5.32 Å². The van der Waals surface area contributed by atoms with Crippen LogP contribution in [0.25, 0.3) is 0 Å². The molecule has 0 radical (unpaired) electrons. The van der Waals surface area contributed by atoms with Crippen molar-refractivity contribution in [2.75, 3.05) is 0 Å². The highest BCUT2D eigenvalue weighted by atomic mass is 79.9. The minimum absolute atomic E-state index is 0.147. The van der Waals surface area contributed by atoms with E-state index in [4.69, 9.17) is 5.11 Å². The van der Waals surface area contributed by atoms with Crippen LogP contribution in [0.2, 0.25) is 0 Å². The first-order chi connectivity index (χ1) is 9.12. The molecule has 1 amide bonds. The van der Waals surface area contributed by atoms with Crippen molar-refractivity contribution in [2.45, 2.75) is 32.2 Å². The third-order valence-electron chi connectivity index (χ3n) is 2.65. The summed E-state index contributed by atoms with van der Waals surface area (Å²) in [4.78, 5) is 22.4. The Labute approximate surface area is 123 Å². The van der Waals surface area contributed by atoms with Crippen LogP contribution >= 0.6 is 15.9 Å². The largest absolute Gasteiger partial charge is 0.481 e. The highest BCUT2D eigenvalue weighted by Gasteiger charge is 2.26. The second kappa shape index (κ2) is 6.30. The first kappa shape index (κ1) is 16.6. The minimum atomic E-state index is -1.01. The molecule has 1 rings (SSSR count). The Balaban J connectivity index is 2.89. The van der Waals surface area contributed by atoms with Gasteiger partial charge in [-0.25, -0.2) is 8.78 Å². The Morgan fingerprint density at radius 3 is 2.25 bits per heavy atom. The first-order valence-corrected chi connectivity index (χ1v) is 6.60. The Hall–Kier alpha value is -1.50. The van der Waals surface area contributed by atoms with Gasteiger partial charge in [0.1, 0.15) is 17.2 Å². The summed E-state index contributed by atoms with van der Waals surface area (Å²) in [5.41, 5.74) is -1.57. The van der Waals surface area contributed by atoms with Gasteiger partial charge in [-0.05, 0) is 32.4 Å². The first-order valence-electron chi connectivity index (χ1n) is 5.81. The molecule has 0 heterocycles. The maximum Gasteiger partial charge on any atom is 0.303 e. The summed E-state index contributed by atoms with van der Waals surface area (Å²) in [5.74, 6) is -3.89. The molecule has 7 heteroatoms. The lowest BCUT2D eigenvalue weighted by molar-refractivity contribution is -0.137. The van der Waals surface area contributed by atoms with E-state index in [1.54, 1.807) is 13.8 Å². The second-order valence-corrected chi connectivity index (χ2v) is 5.89. The predicted molar refractivity (Wildman–Crippen MR) is 72.5 cm³/mol. The van der Waals surface area contributed by atoms with Crippen molar-refractivity contribution in [3.05, 3.63) is 33.8 Å². The molecule has 0 aliphatic carbocycles. The third-order valence-corrected chi connectivity index (χ3v) is 3.11. The van der Waals surface area contributed by atoms with Gasteiger partial charge in [-0.15, -0.1) is 0 Å². The molecule has 0 bridgehead atoms. The van der Waals surface area contributed by atoms with Crippen molar-refractivity contribution in [3.63, 3.8) is 0 Å².